The van der Waals surface area contributed by atoms with Crippen LogP contribution in [0.25, 0.3) is 5.95 Å². The van der Waals surface area contributed by atoms with Crippen molar-refractivity contribution < 1.29 is 0 Å². The molecule has 10 heteroatoms. The van der Waals surface area contributed by atoms with Crippen molar-refractivity contribution in [2.75, 3.05) is 0 Å². The first kappa shape index (κ1) is 14.5. The van der Waals surface area contributed by atoms with E-state index in [1.165, 1.54) is 29.1 Å². The molecule has 0 amide bonds. The summed E-state index contributed by atoms with van der Waals surface area (Å²) in [6, 6.07) is 5.13. The van der Waals surface area contributed by atoms with E-state index in [0.717, 1.165) is 4.90 Å². The zero-order valence-corrected chi connectivity index (χ0v) is 13.2. The highest BCUT2D eigenvalue weighted by Gasteiger charge is 2.11. The molecule has 3 rings (SSSR count). The molecule has 0 spiro atoms. The van der Waals surface area contributed by atoms with Crippen LogP contribution in [0.5, 0.6) is 0 Å². The average Bonchev–Trinajstić information content (AvgIpc) is 2.96. The third-order valence-corrected chi connectivity index (χ3v) is 4.06. The highest BCUT2D eigenvalue weighted by atomic mass is 35.5. The van der Waals surface area contributed by atoms with E-state index in [-0.39, 0.29) is 11.2 Å². The molecule has 0 atom stereocenters. The largest absolute Gasteiger partial charge is 0.257 e. The molecule has 0 aliphatic heterocycles. The van der Waals surface area contributed by atoms with Gasteiger partial charge in [-0.3, -0.25) is 0 Å². The zero-order chi connectivity index (χ0) is 14.8. The third-order valence-electron chi connectivity index (χ3n) is 2.29. The maximum absolute atomic E-state index is 6.11. The second-order valence-corrected chi connectivity index (χ2v) is 5.89. The number of benzene rings is 1. The quantitative estimate of drug-likeness (QED) is 0.712. The summed E-state index contributed by atoms with van der Waals surface area (Å²) in [5, 5.41) is 5.49. The third kappa shape index (κ3) is 3.44. The van der Waals surface area contributed by atoms with Gasteiger partial charge in [-0.15, -0.1) is 0 Å². The molecule has 2 aromatic heterocycles. The SMILES string of the molecule is Clc1ccc(Cl)c(Sc2nc(Cl)nc(-n3cncn3)n2)c1. The van der Waals surface area contributed by atoms with Gasteiger partial charge in [0, 0.05) is 9.92 Å². The van der Waals surface area contributed by atoms with E-state index < -0.39 is 0 Å². The fraction of sp³-hybridized carbons (Fsp3) is 0. The molecule has 0 radical (unpaired) electrons. The van der Waals surface area contributed by atoms with Gasteiger partial charge >= 0.3 is 0 Å². The first-order valence-electron chi connectivity index (χ1n) is 5.51. The van der Waals surface area contributed by atoms with Crippen LogP contribution in [-0.4, -0.2) is 29.7 Å². The van der Waals surface area contributed by atoms with Crippen LogP contribution < -0.4 is 0 Å². The molecule has 0 aliphatic rings. The van der Waals surface area contributed by atoms with Crippen LogP contribution in [0.1, 0.15) is 0 Å². The first-order valence-corrected chi connectivity index (χ1v) is 7.46. The average molecular weight is 360 g/mol. The Balaban J connectivity index is 1.97. The highest BCUT2D eigenvalue weighted by Crippen LogP contribution is 2.33. The van der Waals surface area contributed by atoms with Crippen molar-refractivity contribution in [2.45, 2.75) is 10.1 Å². The van der Waals surface area contributed by atoms with Gasteiger partial charge < -0.3 is 0 Å². The molecule has 0 saturated heterocycles. The van der Waals surface area contributed by atoms with E-state index in [2.05, 4.69) is 25.0 Å². The lowest BCUT2D eigenvalue weighted by atomic mass is 10.4. The number of rotatable bonds is 3. The lowest BCUT2D eigenvalue weighted by Gasteiger charge is -2.05. The fourth-order valence-electron chi connectivity index (χ4n) is 1.44. The van der Waals surface area contributed by atoms with E-state index in [1.807, 2.05) is 0 Å². The van der Waals surface area contributed by atoms with Crippen LogP contribution in [0, 0.1) is 0 Å². The van der Waals surface area contributed by atoms with Crippen molar-refractivity contribution in [3.05, 3.63) is 46.2 Å². The zero-order valence-electron chi connectivity index (χ0n) is 10.1. The molecule has 3 aromatic rings. The minimum atomic E-state index is 0.0520. The highest BCUT2D eigenvalue weighted by molar-refractivity contribution is 7.99. The van der Waals surface area contributed by atoms with Crippen molar-refractivity contribution >= 4 is 46.6 Å². The summed E-state index contributed by atoms with van der Waals surface area (Å²) in [7, 11) is 0. The van der Waals surface area contributed by atoms with Gasteiger partial charge in [0.1, 0.15) is 12.7 Å². The van der Waals surface area contributed by atoms with Crippen molar-refractivity contribution in [1.82, 2.24) is 29.7 Å². The molecule has 0 saturated carbocycles. The number of halogens is 3. The predicted octanol–water partition coefficient (Wildman–Crippen LogP) is 3.56. The number of nitrogens with zero attached hydrogens (tertiary/aromatic N) is 6. The summed E-state index contributed by atoms with van der Waals surface area (Å²) in [6.45, 7) is 0. The second kappa shape index (κ2) is 6.15. The summed E-state index contributed by atoms with van der Waals surface area (Å²) in [5.74, 6) is 0.271. The molecule has 0 fully saturated rings. The van der Waals surface area contributed by atoms with E-state index in [4.69, 9.17) is 34.8 Å². The first-order chi connectivity index (χ1) is 10.1. The number of aromatic nitrogens is 6. The molecule has 0 aliphatic carbocycles. The Morgan fingerprint density at radius 3 is 2.67 bits per heavy atom. The van der Waals surface area contributed by atoms with Gasteiger partial charge in [-0.25, -0.2) is 4.98 Å². The standard InChI is InChI=1S/C11H5Cl3N6S/c12-6-1-2-7(13)8(3-6)21-11-18-9(14)17-10(19-11)20-5-15-4-16-20/h1-5H. The minimum absolute atomic E-state index is 0.0520. The Morgan fingerprint density at radius 2 is 1.90 bits per heavy atom. The van der Waals surface area contributed by atoms with Gasteiger partial charge in [0.2, 0.25) is 5.28 Å². The number of hydrogen-bond acceptors (Lipinski definition) is 6. The van der Waals surface area contributed by atoms with Gasteiger partial charge in [0.25, 0.3) is 5.95 Å². The Bertz CT molecular complexity index is 780. The van der Waals surface area contributed by atoms with E-state index in [1.54, 1.807) is 18.2 Å². The molecule has 0 bridgehead atoms. The smallest absolute Gasteiger partial charge is 0.223 e. The van der Waals surface area contributed by atoms with Crippen molar-refractivity contribution in [2.24, 2.45) is 0 Å². The lowest BCUT2D eigenvalue weighted by molar-refractivity contribution is 0.757. The molecule has 2 heterocycles. The fourth-order valence-corrected chi connectivity index (χ4v) is 2.92. The summed E-state index contributed by atoms with van der Waals surface area (Å²) >= 11 is 19.2. The predicted molar refractivity (Wildman–Crippen MR) is 80.3 cm³/mol. The molecule has 0 N–H and O–H groups in total. The molecule has 0 unspecified atom stereocenters. The molecule has 6 nitrogen and oxygen atoms in total. The van der Waals surface area contributed by atoms with Gasteiger partial charge in [0.15, 0.2) is 5.16 Å². The monoisotopic (exact) mass is 358 g/mol. The van der Waals surface area contributed by atoms with Gasteiger partial charge in [-0.1, -0.05) is 23.2 Å². The Morgan fingerprint density at radius 1 is 1.05 bits per heavy atom. The second-order valence-electron chi connectivity index (χ2n) is 3.70. The maximum atomic E-state index is 6.11. The van der Waals surface area contributed by atoms with Crippen molar-refractivity contribution in [3.63, 3.8) is 0 Å². The van der Waals surface area contributed by atoms with Crippen LogP contribution >= 0.6 is 46.6 Å². The summed E-state index contributed by atoms with van der Waals surface area (Å²) < 4.78 is 1.39. The lowest BCUT2D eigenvalue weighted by Crippen LogP contribution is -2.04. The normalized spacial score (nSPS) is 10.8. The number of hydrogen-bond donors (Lipinski definition) is 0. The van der Waals surface area contributed by atoms with Crippen molar-refractivity contribution in [3.8, 4) is 5.95 Å². The van der Waals surface area contributed by atoms with Gasteiger partial charge in [-0.05, 0) is 41.6 Å². The molecular formula is C11H5Cl3N6S. The molecule has 21 heavy (non-hydrogen) atoms. The van der Waals surface area contributed by atoms with Crippen LogP contribution in [0.3, 0.4) is 0 Å². The van der Waals surface area contributed by atoms with Gasteiger partial charge in [-0.2, -0.15) is 24.7 Å². The topological polar surface area (TPSA) is 69.4 Å². The Kier molecular flexibility index (Phi) is 4.25. The molecule has 106 valence electrons. The van der Waals surface area contributed by atoms with E-state index in [9.17, 15) is 0 Å². The maximum Gasteiger partial charge on any atom is 0.257 e. The molecular weight excluding hydrogens is 355 g/mol. The van der Waals surface area contributed by atoms with E-state index in [0.29, 0.717) is 15.2 Å². The summed E-state index contributed by atoms with van der Waals surface area (Å²) in [4.78, 5) is 16.8. The van der Waals surface area contributed by atoms with E-state index >= 15 is 0 Å². The van der Waals surface area contributed by atoms with Crippen LogP contribution in [0.2, 0.25) is 15.3 Å². The minimum Gasteiger partial charge on any atom is -0.223 e. The van der Waals surface area contributed by atoms with Crippen molar-refractivity contribution in [1.29, 1.82) is 0 Å². The summed E-state index contributed by atoms with van der Waals surface area (Å²) in [5.41, 5.74) is 0. The molecule has 1 aromatic carbocycles. The summed E-state index contributed by atoms with van der Waals surface area (Å²) in [6.07, 6.45) is 2.84. The Labute approximate surface area is 138 Å². The Hall–Kier alpha value is -1.41. The van der Waals surface area contributed by atoms with Crippen LogP contribution in [0.4, 0.5) is 0 Å². The van der Waals surface area contributed by atoms with Gasteiger partial charge in [0.05, 0.1) is 5.02 Å². The van der Waals surface area contributed by atoms with Crippen LogP contribution in [0.15, 0.2) is 40.9 Å². The van der Waals surface area contributed by atoms with Crippen LogP contribution in [-0.2, 0) is 0 Å².